The number of benzene rings is 1. The summed E-state index contributed by atoms with van der Waals surface area (Å²) in [5.41, 5.74) is 2.18. The number of methoxy groups -OCH3 is 1. The third-order valence-corrected chi connectivity index (χ3v) is 3.67. The number of hydrogen-bond donors (Lipinski definition) is 0. The van der Waals surface area contributed by atoms with Crippen LogP contribution in [0.3, 0.4) is 0 Å². The number of carbonyl (C=O) groups is 2. The topological polar surface area (TPSA) is 43.4 Å². The second kappa shape index (κ2) is 5.34. The largest absolute Gasteiger partial charge is 0.468 e. The van der Waals surface area contributed by atoms with E-state index in [1.807, 2.05) is 32.0 Å². The Hall–Kier alpha value is -1.64. The highest BCUT2D eigenvalue weighted by Gasteiger charge is 2.39. The van der Waals surface area contributed by atoms with Gasteiger partial charge >= 0.3 is 5.97 Å². The van der Waals surface area contributed by atoms with E-state index in [4.69, 9.17) is 4.74 Å². The standard InChI is InChI=1S/C15H20O3/c1-10-7-6-8-13(11(10)2)9-15(4,12(3)16)14(17)18-5/h6-8H,9H2,1-5H3. The summed E-state index contributed by atoms with van der Waals surface area (Å²) >= 11 is 0. The van der Waals surface area contributed by atoms with Gasteiger partial charge in [0.05, 0.1) is 7.11 Å². The quantitative estimate of drug-likeness (QED) is 0.607. The first-order chi connectivity index (χ1) is 8.32. The van der Waals surface area contributed by atoms with Gasteiger partial charge in [0, 0.05) is 0 Å². The van der Waals surface area contributed by atoms with E-state index >= 15 is 0 Å². The van der Waals surface area contributed by atoms with E-state index in [-0.39, 0.29) is 5.78 Å². The molecule has 0 bridgehead atoms. The molecule has 0 fully saturated rings. The van der Waals surface area contributed by atoms with Gasteiger partial charge in [-0.1, -0.05) is 18.2 Å². The number of Topliss-reactive ketones (excluding diaryl/α,β-unsaturated/α-hetero) is 1. The fourth-order valence-electron chi connectivity index (χ4n) is 1.95. The fraction of sp³-hybridized carbons (Fsp3) is 0.467. The van der Waals surface area contributed by atoms with Crippen molar-refractivity contribution in [2.75, 3.05) is 7.11 Å². The predicted molar refractivity (Wildman–Crippen MR) is 70.4 cm³/mol. The molecular formula is C15H20O3. The number of ketones is 1. The van der Waals surface area contributed by atoms with Gasteiger partial charge in [0.25, 0.3) is 0 Å². The SMILES string of the molecule is COC(=O)C(C)(Cc1cccc(C)c1C)C(C)=O. The lowest BCUT2D eigenvalue weighted by Crippen LogP contribution is -2.38. The third kappa shape index (κ3) is 2.61. The molecule has 1 unspecified atom stereocenters. The molecule has 18 heavy (non-hydrogen) atoms. The first-order valence-electron chi connectivity index (χ1n) is 5.97. The number of hydrogen-bond acceptors (Lipinski definition) is 3. The molecule has 1 rings (SSSR count). The zero-order valence-electron chi connectivity index (χ0n) is 11.7. The van der Waals surface area contributed by atoms with Gasteiger partial charge in [-0.15, -0.1) is 0 Å². The maximum absolute atomic E-state index is 11.8. The van der Waals surface area contributed by atoms with Crippen LogP contribution in [0.5, 0.6) is 0 Å². The van der Waals surface area contributed by atoms with Crippen molar-refractivity contribution in [2.24, 2.45) is 5.41 Å². The van der Waals surface area contributed by atoms with Crippen molar-refractivity contribution in [3.8, 4) is 0 Å². The van der Waals surface area contributed by atoms with Crippen molar-refractivity contribution in [1.82, 2.24) is 0 Å². The number of rotatable bonds is 4. The first kappa shape index (κ1) is 14.4. The maximum Gasteiger partial charge on any atom is 0.319 e. The van der Waals surface area contributed by atoms with E-state index in [1.165, 1.54) is 14.0 Å². The van der Waals surface area contributed by atoms with Gasteiger partial charge in [0.1, 0.15) is 11.2 Å². The first-order valence-corrected chi connectivity index (χ1v) is 5.97. The van der Waals surface area contributed by atoms with Crippen LogP contribution < -0.4 is 0 Å². The molecule has 1 atom stereocenters. The number of aryl methyl sites for hydroxylation is 1. The number of esters is 1. The molecule has 0 N–H and O–H groups in total. The summed E-state index contributed by atoms with van der Waals surface area (Å²) in [6, 6.07) is 5.91. The van der Waals surface area contributed by atoms with Crippen molar-refractivity contribution < 1.29 is 14.3 Å². The molecule has 98 valence electrons. The Morgan fingerprint density at radius 3 is 2.39 bits per heavy atom. The monoisotopic (exact) mass is 248 g/mol. The molecule has 0 spiro atoms. The summed E-state index contributed by atoms with van der Waals surface area (Å²) < 4.78 is 4.76. The Morgan fingerprint density at radius 2 is 1.89 bits per heavy atom. The summed E-state index contributed by atoms with van der Waals surface area (Å²) in [7, 11) is 1.31. The van der Waals surface area contributed by atoms with Gasteiger partial charge in [0.15, 0.2) is 0 Å². The molecule has 0 radical (unpaired) electrons. The maximum atomic E-state index is 11.8. The van der Waals surface area contributed by atoms with Crippen molar-refractivity contribution in [2.45, 2.75) is 34.1 Å². The van der Waals surface area contributed by atoms with E-state index in [0.717, 1.165) is 16.7 Å². The highest BCUT2D eigenvalue weighted by molar-refractivity contribution is 6.02. The summed E-state index contributed by atoms with van der Waals surface area (Å²) in [4.78, 5) is 23.6. The third-order valence-electron chi connectivity index (χ3n) is 3.67. The Morgan fingerprint density at radius 1 is 1.28 bits per heavy atom. The van der Waals surface area contributed by atoms with Crippen LogP contribution in [0.25, 0.3) is 0 Å². The Bertz CT molecular complexity index is 477. The molecule has 0 amide bonds. The normalized spacial score (nSPS) is 13.8. The summed E-state index contributed by atoms with van der Waals surface area (Å²) in [5, 5.41) is 0. The van der Waals surface area contributed by atoms with Crippen molar-refractivity contribution in [3.05, 3.63) is 34.9 Å². The smallest absolute Gasteiger partial charge is 0.319 e. The van der Waals surface area contributed by atoms with Gasteiger partial charge < -0.3 is 4.74 Å². The molecule has 0 saturated heterocycles. The Kier molecular flexibility index (Phi) is 4.28. The molecule has 3 heteroatoms. The highest BCUT2D eigenvalue weighted by atomic mass is 16.5. The molecule has 0 aliphatic carbocycles. The van der Waals surface area contributed by atoms with Crippen LogP contribution >= 0.6 is 0 Å². The molecule has 0 aliphatic rings. The highest BCUT2D eigenvalue weighted by Crippen LogP contribution is 2.28. The minimum atomic E-state index is -1.10. The molecule has 0 saturated carbocycles. The molecule has 1 aromatic carbocycles. The zero-order chi connectivity index (χ0) is 13.9. The Balaban J connectivity index is 3.16. The molecule has 3 nitrogen and oxygen atoms in total. The lowest BCUT2D eigenvalue weighted by Gasteiger charge is -2.24. The minimum Gasteiger partial charge on any atom is -0.468 e. The summed E-state index contributed by atoms with van der Waals surface area (Å²) in [6.45, 7) is 7.09. The van der Waals surface area contributed by atoms with Crippen molar-refractivity contribution in [3.63, 3.8) is 0 Å². The molecule has 0 heterocycles. The minimum absolute atomic E-state index is 0.171. The average molecular weight is 248 g/mol. The molecular weight excluding hydrogens is 228 g/mol. The molecule has 0 aromatic heterocycles. The van der Waals surface area contributed by atoms with E-state index in [0.29, 0.717) is 6.42 Å². The van der Waals surface area contributed by atoms with Gasteiger partial charge in [-0.25, -0.2) is 0 Å². The van der Waals surface area contributed by atoms with Crippen LogP contribution in [0.15, 0.2) is 18.2 Å². The van der Waals surface area contributed by atoms with E-state index < -0.39 is 11.4 Å². The lowest BCUT2D eigenvalue weighted by molar-refractivity contribution is -0.156. The van der Waals surface area contributed by atoms with Crippen LogP contribution in [-0.4, -0.2) is 18.9 Å². The number of ether oxygens (including phenoxy) is 1. The summed E-state index contributed by atoms with van der Waals surface area (Å²) in [6.07, 6.45) is 0.377. The van der Waals surface area contributed by atoms with Gasteiger partial charge in [-0.05, 0) is 50.8 Å². The number of carbonyl (C=O) groups excluding carboxylic acids is 2. The predicted octanol–water partition coefficient (Wildman–Crippen LogP) is 2.61. The van der Waals surface area contributed by atoms with E-state index in [2.05, 4.69) is 0 Å². The lowest BCUT2D eigenvalue weighted by atomic mass is 9.79. The molecule has 1 aromatic rings. The van der Waals surface area contributed by atoms with Gasteiger partial charge in [0.2, 0.25) is 0 Å². The van der Waals surface area contributed by atoms with Crippen molar-refractivity contribution >= 4 is 11.8 Å². The van der Waals surface area contributed by atoms with Crippen LogP contribution in [-0.2, 0) is 20.7 Å². The van der Waals surface area contributed by atoms with Crippen LogP contribution in [0.2, 0.25) is 0 Å². The fourth-order valence-corrected chi connectivity index (χ4v) is 1.95. The summed E-state index contributed by atoms with van der Waals surface area (Å²) in [5.74, 6) is -0.647. The van der Waals surface area contributed by atoms with Gasteiger partial charge in [-0.3, -0.25) is 9.59 Å². The van der Waals surface area contributed by atoms with Crippen LogP contribution in [0.4, 0.5) is 0 Å². The van der Waals surface area contributed by atoms with E-state index in [9.17, 15) is 9.59 Å². The molecule has 0 aliphatic heterocycles. The Labute approximate surface area is 108 Å². The van der Waals surface area contributed by atoms with Crippen molar-refractivity contribution in [1.29, 1.82) is 0 Å². The average Bonchev–Trinajstić information content (AvgIpc) is 2.33. The van der Waals surface area contributed by atoms with Crippen LogP contribution in [0, 0.1) is 19.3 Å². The second-order valence-electron chi connectivity index (χ2n) is 4.92. The van der Waals surface area contributed by atoms with E-state index in [1.54, 1.807) is 6.92 Å². The second-order valence-corrected chi connectivity index (χ2v) is 4.92. The zero-order valence-corrected chi connectivity index (χ0v) is 11.7. The van der Waals surface area contributed by atoms with Gasteiger partial charge in [-0.2, -0.15) is 0 Å². The van der Waals surface area contributed by atoms with Crippen LogP contribution in [0.1, 0.15) is 30.5 Å².